The van der Waals surface area contributed by atoms with Gasteiger partial charge in [0.2, 0.25) is 11.1 Å². The van der Waals surface area contributed by atoms with Crippen LogP contribution < -0.4 is 15.5 Å². The van der Waals surface area contributed by atoms with Gasteiger partial charge in [0.05, 0.1) is 18.2 Å². The molecule has 2 N–H and O–H groups in total. The molecule has 0 aliphatic carbocycles. The van der Waals surface area contributed by atoms with Crippen molar-refractivity contribution in [3.05, 3.63) is 64.4 Å². The summed E-state index contributed by atoms with van der Waals surface area (Å²) in [4.78, 5) is 13.3. The van der Waals surface area contributed by atoms with E-state index in [2.05, 4.69) is 27.9 Å². The van der Waals surface area contributed by atoms with Crippen LogP contribution >= 0.6 is 23.4 Å². The molecule has 4 rings (SSSR count). The molecule has 0 radical (unpaired) electrons. The SMILES string of the molecule is CCCc1nnc2n1N[C@@H](c1ccc(OC)c(Cl)c1)[C@@H](C(=O)Nc1ccc(C)cc1)S2. The van der Waals surface area contributed by atoms with Crippen LogP contribution in [0.25, 0.3) is 0 Å². The lowest BCUT2D eigenvalue weighted by Gasteiger charge is -2.33. The fraction of sp³-hybridized carbons (Fsp3) is 0.318. The molecule has 0 spiro atoms. The van der Waals surface area contributed by atoms with Gasteiger partial charge in [0.15, 0.2) is 5.82 Å². The van der Waals surface area contributed by atoms with Crippen molar-refractivity contribution in [3.63, 3.8) is 0 Å². The average Bonchev–Trinajstić information content (AvgIpc) is 3.16. The van der Waals surface area contributed by atoms with Crippen molar-refractivity contribution < 1.29 is 9.53 Å². The zero-order valence-electron chi connectivity index (χ0n) is 17.6. The quantitative estimate of drug-likeness (QED) is 0.563. The Morgan fingerprint density at radius 3 is 2.71 bits per heavy atom. The Balaban J connectivity index is 1.68. The molecule has 31 heavy (non-hydrogen) atoms. The normalized spacial score (nSPS) is 17.5. The topological polar surface area (TPSA) is 81.1 Å². The highest BCUT2D eigenvalue weighted by atomic mass is 35.5. The summed E-state index contributed by atoms with van der Waals surface area (Å²) in [5.41, 5.74) is 6.21. The van der Waals surface area contributed by atoms with Crippen LogP contribution in [0.2, 0.25) is 5.02 Å². The molecule has 0 bridgehead atoms. The number of nitrogens with one attached hydrogen (secondary N) is 2. The van der Waals surface area contributed by atoms with E-state index < -0.39 is 5.25 Å². The molecule has 9 heteroatoms. The Morgan fingerprint density at radius 1 is 1.26 bits per heavy atom. The number of fused-ring (bicyclic) bond motifs is 1. The Labute approximate surface area is 190 Å². The summed E-state index contributed by atoms with van der Waals surface area (Å²) in [5.74, 6) is 1.31. The first kappa shape index (κ1) is 21.5. The predicted molar refractivity (Wildman–Crippen MR) is 124 cm³/mol. The molecule has 2 heterocycles. The third kappa shape index (κ3) is 4.50. The van der Waals surface area contributed by atoms with E-state index in [1.54, 1.807) is 7.11 Å². The maximum atomic E-state index is 13.3. The summed E-state index contributed by atoms with van der Waals surface area (Å²) >= 11 is 7.78. The summed E-state index contributed by atoms with van der Waals surface area (Å²) < 4.78 is 7.16. The number of thioether (sulfide) groups is 1. The Kier molecular flexibility index (Phi) is 6.38. The third-order valence-electron chi connectivity index (χ3n) is 5.09. The molecule has 7 nitrogen and oxygen atoms in total. The van der Waals surface area contributed by atoms with Crippen LogP contribution in [0.4, 0.5) is 5.69 Å². The number of aryl methyl sites for hydroxylation is 2. The first-order valence-corrected chi connectivity index (χ1v) is 11.3. The minimum atomic E-state index is -0.475. The number of aromatic nitrogens is 3. The number of ether oxygens (including phenoxy) is 1. The summed E-state index contributed by atoms with van der Waals surface area (Å²) in [6, 6.07) is 13.0. The highest BCUT2D eigenvalue weighted by Crippen LogP contribution is 2.39. The summed E-state index contributed by atoms with van der Waals surface area (Å²) in [7, 11) is 1.58. The number of amides is 1. The number of nitrogens with zero attached hydrogens (tertiary/aromatic N) is 3. The van der Waals surface area contributed by atoms with Gasteiger partial charge in [-0.05, 0) is 43.2 Å². The second-order valence-corrected chi connectivity index (χ2v) is 8.89. The van der Waals surface area contributed by atoms with Gasteiger partial charge in [-0.1, -0.05) is 54.0 Å². The number of rotatable bonds is 6. The van der Waals surface area contributed by atoms with E-state index >= 15 is 0 Å². The van der Waals surface area contributed by atoms with E-state index in [1.807, 2.05) is 54.1 Å². The van der Waals surface area contributed by atoms with Crippen molar-refractivity contribution in [1.82, 2.24) is 14.9 Å². The van der Waals surface area contributed by atoms with E-state index in [1.165, 1.54) is 11.8 Å². The van der Waals surface area contributed by atoms with Crippen molar-refractivity contribution >= 4 is 35.0 Å². The molecule has 1 aliphatic heterocycles. The number of anilines is 1. The monoisotopic (exact) mass is 457 g/mol. The van der Waals surface area contributed by atoms with Crippen LogP contribution in [0.3, 0.4) is 0 Å². The van der Waals surface area contributed by atoms with Gasteiger partial charge in [-0.25, -0.2) is 4.68 Å². The van der Waals surface area contributed by atoms with Gasteiger partial charge in [-0.2, -0.15) is 0 Å². The number of carbonyl (C=O) groups is 1. The minimum Gasteiger partial charge on any atom is -0.495 e. The lowest BCUT2D eigenvalue weighted by molar-refractivity contribution is -0.116. The fourth-order valence-electron chi connectivity index (χ4n) is 3.46. The van der Waals surface area contributed by atoms with Crippen LogP contribution in [-0.4, -0.2) is 33.1 Å². The Bertz CT molecular complexity index is 1090. The molecular weight excluding hydrogens is 434 g/mol. The summed E-state index contributed by atoms with van der Waals surface area (Å²) in [6.07, 6.45) is 1.73. The molecule has 0 saturated carbocycles. The van der Waals surface area contributed by atoms with Crippen molar-refractivity contribution in [3.8, 4) is 5.75 Å². The molecule has 0 fully saturated rings. The lowest BCUT2D eigenvalue weighted by atomic mass is 10.0. The van der Waals surface area contributed by atoms with Gasteiger partial charge in [-0.3, -0.25) is 4.79 Å². The zero-order chi connectivity index (χ0) is 22.0. The van der Waals surface area contributed by atoms with Crippen LogP contribution in [0.15, 0.2) is 47.6 Å². The average molecular weight is 458 g/mol. The lowest BCUT2D eigenvalue weighted by Crippen LogP contribution is -2.41. The van der Waals surface area contributed by atoms with Gasteiger partial charge < -0.3 is 15.5 Å². The molecule has 3 aromatic rings. The summed E-state index contributed by atoms with van der Waals surface area (Å²) in [5, 5.41) is 12.3. The van der Waals surface area contributed by atoms with Crippen molar-refractivity contribution in [2.24, 2.45) is 0 Å². The third-order valence-corrected chi connectivity index (χ3v) is 6.60. The molecule has 0 saturated heterocycles. The van der Waals surface area contributed by atoms with E-state index in [0.29, 0.717) is 15.9 Å². The molecule has 1 aliphatic rings. The molecule has 0 unspecified atom stereocenters. The van der Waals surface area contributed by atoms with E-state index in [0.717, 1.165) is 35.5 Å². The van der Waals surface area contributed by atoms with Crippen molar-refractivity contribution in [1.29, 1.82) is 0 Å². The zero-order valence-corrected chi connectivity index (χ0v) is 19.1. The number of methoxy groups -OCH3 is 1. The first-order chi connectivity index (χ1) is 15.0. The van der Waals surface area contributed by atoms with E-state index in [9.17, 15) is 4.79 Å². The smallest absolute Gasteiger partial charge is 0.240 e. The number of hydrogen-bond donors (Lipinski definition) is 2. The van der Waals surface area contributed by atoms with Crippen molar-refractivity contribution in [2.45, 2.75) is 43.1 Å². The molecule has 2 aromatic carbocycles. The van der Waals surface area contributed by atoms with Gasteiger partial charge in [0, 0.05) is 12.1 Å². The molecule has 162 valence electrons. The Morgan fingerprint density at radius 2 is 2.03 bits per heavy atom. The van der Waals surface area contributed by atoms with Gasteiger partial charge in [0.1, 0.15) is 11.0 Å². The number of carbonyl (C=O) groups excluding carboxylic acids is 1. The van der Waals surface area contributed by atoms with Crippen molar-refractivity contribution in [2.75, 3.05) is 17.9 Å². The predicted octanol–water partition coefficient (Wildman–Crippen LogP) is 4.60. The first-order valence-electron chi connectivity index (χ1n) is 10.1. The number of hydrogen-bond acceptors (Lipinski definition) is 6. The second kappa shape index (κ2) is 9.20. The Hall–Kier alpha value is -2.71. The molecule has 1 amide bonds. The largest absolute Gasteiger partial charge is 0.495 e. The maximum absolute atomic E-state index is 13.3. The van der Waals surface area contributed by atoms with Crippen LogP contribution in [0.1, 0.15) is 36.3 Å². The van der Waals surface area contributed by atoms with Gasteiger partial charge in [-0.15, -0.1) is 10.2 Å². The standard InChI is InChI=1S/C22H24ClN5O2S/c1-4-5-18-25-26-22-28(18)27-19(14-8-11-17(30-3)16(23)12-14)20(31-22)21(29)24-15-9-6-13(2)7-10-15/h6-12,19-20,27H,4-5H2,1-3H3,(H,24,29)/t19-,20-/m0/s1. The second-order valence-electron chi connectivity index (χ2n) is 7.38. The van der Waals surface area contributed by atoms with Gasteiger partial charge >= 0.3 is 0 Å². The van der Waals surface area contributed by atoms with E-state index in [-0.39, 0.29) is 11.9 Å². The van der Waals surface area contributed by atoms with Crippen LogP contribution in [-0.2, 0) is 11.2 Å². The van der Waals surface area contributed by atoms with Gasteiger partial charge in [0.25, 0.3) is 0 Å². The van der Waals surface area contributed by atoms with Crippen LogP contribution in [0.5, 0.6) is 5.75 Å². The fourth-order valence-corrected chi connectivity index (χ4v) is 4.83. The molecular formula is C22H24ClN5O2S. The number of benzene rings is 2. The van der Waals surface area contributed by atoms with E-state index in [4.69, 9.17) is 16.3 Å². The number of halogens is 1. The highest BCUT2D eigenvalue weighted by molar-refractivity contribution is 8.00. The molecule has 2 atom stereocenters. The van der Waals surface area contributed by atoms with Crippen LogP contribution in [0, 0.1) is 6.92 Å². The maximum Gasteiger partial charge on any atom is 0.240 e. The highest BCUT2D eigenvalue weighted by Gasteiger charge is 2.38. The summed E-state index contributed by atoms with van der Waals surface area (Å²) in [6.45, 7) is 4.10. The minimum absolute atomic E-state index is 0.121. The molecule has 1 aromatic heterocycles.